The molecule has 0 saturated heterocycles. The van der Waals surface area contributed by atoms with E-state index in [1.54, 1.807) is 6.21 Å². The van der Waals surface area contributed by atoms with Crippen molar-refractivity contribution < 1.29 is 9.90 Å². The van der Waals surface area contributed by atoms with Gasteiger partial charge in [0.15, 0.2) is 10.8 Å². The van der Waals surface area contributed by atoms with Crippen LogP contribution in [0.25, 0.3) is 0 Å². The lowest BCUT2D eigenvalue weighted by molar-refractivity contribution is 0.0691. The van der Waals surface area contributed by atoms with Crippen molar-refractivity contribution in [2.24, 2.45) is 5.10 Å². The van der Waals surface area contributed by atoms with E-state index < -0.39 is 11.7 Å². The number of carbonyl (C=O) groups is 1. The van der Waals surface area contributed by atoms with Crippen molar-refractivity contribution in [1.29, 1.82) is 0 Å². The van der Waals surface area contributed by atoms with E-state index in [-0.39, 0.29) is 20.9 Å². The first-order chi connectivity index (χ1) is 9.50. The van der Waals surface area contributed by atoms with Crippen LogP contribution in [0.5, 0.6) is 0 Å². The van der Waals surface area contributed by atoms with Crippen LogP contribution in [-0.2, 0) is 0 Å². The zero-order chi connectivity index (χ0) is 14.7. The molecular formula is C11H6Cl3N3O2S. The summed E-state index contributed by atoms with van der Waals surface area (Å²) in [6.45, 7) is 0. The molecule has 9 heteroatoms. The second-order valence-electron chi connectivity index (χ2n) is 3.44. The molecule has 2 N–H and O–H groups in total. The summed E-state index contributed by atoms with van der Waals surface area (Å²) < 4.78 is 0. The number of carboxylic acids is 1. The Kier molecular flexibility index (Phi) is 4.82. The summed E-state index contributed by atoms with van der Waals surface area (Å²) in [5.41, 5.74) is 2.28. The molecule has 2 aromatic heterocycles. The molecule has 0 radical (unpaired) electrons. The minimum Gasteiger partial charge on any atom is -0.476 e. The van der Waals surface area contributed by atoms with Gasteiger partial charge >= 0.3 is 5.97 Å². The molecule has 0 aliphatic carbocycles. The highest BCUT2D eigenvalue weighted by atomic mass is 35.5. The number of hydrogen-bond acceptors (Lipinski definition) is 5. The Morgan fingerprint density at radius 3 is 2.75 bits per heavy atom. The molecule has 2 aromatic rings. The third kappa shape index (κ3) is 3.21. The number of nitrogens with zero attached hydrogens (tertiary/aromatic N) is 2. The number of aromatic nitrogens is 1. The maximum absolute atomic E-state index is 11.0. The SMILES string of the molecule is O=C(O)c1nc(Cl)c(Cl)c(NN=Cc2cccs2)c1Cl. The lowest BCUT2D eigenvalue weighted by Gasteiger charge is -2.09. The number of rotatable bonds is 4. The van der Waals surface area contributed by atoms with Gasteiger partial charge < -0.3 is 5.11 Å². The summed E-state index contributed by atoms with van der Waals surface area (Å²) in [5.74, 6) is -1.31. The van der Waals surface area contributed by atoms with Crippen LogP contribution >= 0.6 is 46.1 Å². The highest BCUT2D eigenvalue weighted by Crippen LogP contribution is 2.36. The van der Waals surface area contributed by atoms with E-state index in [9.17, 15) is 4.79 Å². The molecule has 0 fully saturated rings. The highest BCUT2D eigenvalue weighted by molar-refractivity contribution is 7.11. The molecule has 0 spiro atoms. The topological polar surface area (TPSA) is 74.6 Å². The maximum Gasteiger partial charge on any atom is 0.356 e. The summed E-state index contributed by atoms with van der Waals surface area (Å²) in [5, 5.41) is 14.5. The van der Waals surface area contributed by atoms with E-state index in [0.29, 0.717) is 0 Å². The Morgan fingerprint density at radius 2 is 2.15 bits per heavy atom. The molecule has 2 rings (SSSR count). The Morgan fingerprint density at radius 1 is 1.40 bits per heavy atom. The van der Waals surface area contributed by atoms with Crippen LogP contribution < -0.4 is 5.43 Å². The second kappa shape index (κ2) is 6.41. The fraction of sp³-hybridized carbons (Fsp3) is 0. The summed E-state index contributed by atoms with van der Waals surface area (Å²) in [7, 11) is 0. The van der Waals surface area contributed by atoms with Crippen LogP contribution in [0.4, 0.5) is 5.69 Å². The summed E-state index contributed by atoms with van der Waals surface area (Å²) in [4.78, 5) is 15.5. The smallest absolute Gasteiger partial charge is 0.356 e. The van der Waals surface area contributed by atoms with E-state index in [1.165, 1.54) is 11.3 Å². The van der Waals surface area contributed by atoms with E-state index in [0.717, 1.165) is 4.88 Å². The van der Waals surface area contributed by atoms with Crippen molar-refractivity contribution in [1.82, 2.24) is 4.98 Å². The number of pyridine rings is 1. The molecule has 0 aliphatic heterocycles. The number of hydrazone groups is 1. The van der Waals surface area contributed by atoms with E-state index in [2.05, 4.69) is 15.5 Å². The van der Waals surface area contributed by atoms with Crippen LogP contribution in [0.2, 0.25) is 15.2 Å². The number of hydrogen-bond donors (Lipinski definition) is 2. The van der Waals surface area contributed by atoms with Crippen LogP contribution in [0.1, 0.15) is 15.4 Å². The average molecular weight is 351 g/mol. The molecular weight excluding hydrogens is 345 g/mol. The fourth-order valence-electron chi connectivity index (χ4n) is 1.28. The minimum absolute atomic E-state index is 0.00463. The van der Waals surface area contributed by atoms with Gasteiger partial charge in [0.25, 0.3) is 0 Å². The van der Waals surface area contributed by atoms with Gasteiger partial charge in [0.1, 0.15) is 10.0 Å². The number of nitrogens with one attached hydrogen (secondary N) is 1. The van der Waals surface area contributed by atoms with Crippen molar-refractivity contribution >= 4 is 64.0 Å². The van der Waals surface area contributed by atoms with Crippen LogP contribution in [0.3, 0.4) is 0 Å². The van der Waals surface area contributed by atoms with E-state index in [1.807, 2.05) is 17.5 Å². The molecule has 0 saturated carbocycles. The van der Waals surface area contributed by atoms with E-state index in [4.69, 9.17) is 39.9 Å². The third-order valence-corrected chi connectivity index (χ3v) is 4.06. The lowest BCUT2D eigenvalue weighted by atomic mass is 10.3. The predicted molar refractivity (Wildman–Crippen MR) is 81.8 cm³/mol. The van der Waals surface area contributed by atoms with Crippen LogP contribution in [0, 0.1) is 0 Å². The second-order valence-corrected chi connectivity index (χ2v) is 5.54. The van der Waals surface area contributed by atoms with Gasteiger partial charge in [-0.1, -0.05) is 40.9 Å². The fourth-order valence-corrected chi connectivity index (χ4v) is 2.53. The van der Waals surface area contributed by atoms with Crippen molar-refractivity contribution in [3.63, 3.8) is 0 Å². The average Bonchev–Trinajstić information content (AvgIpc) is 2.90. The molecule has 0 unspecified atom stereocenters. The van der Waals surface area contributed by atoms with Crippen molar-refractivity contribution in [2.75, 3.05) is 5.43 Å². The third-order valence-electron chi connectivity index (χ3n) is 2.15. The molecule has 0 aliphatic rings. The standard InChI is InChI=1S/C11H6Cl3N3O2S/c12-6-8(17-15-4-5-2-1-3-20-5)7(13)10(14)16-9(6)11(18)19/h1-4H,(H,16,17)(H,18,19). The van der Waals surface area contributed by atoms with Gasteiger partial charge in [-0.2, -0.15) is 5.10 Å². The minimum atomic E-state index is -1.31. The Hall–Kier alpha value is -1.34. The van der Waals surface area contributed by atoms with Crippen LogP contribution in [0.15, 0.2) is 22.6 Å². The molecule has 0 bridgehead atoms. The normalized spacial score (nSPS) is 10.9. The molecule has 20 heavy (non-hydrogen) atoms. The Balaban J connectivity index is 2.33. The van der Waals surface area contributed by atoms with Crippen LogP contribution in [-0.4, -0.2) is 22.3 Å². The monoisotopic (exact) mass is 349 g/mol. The summed E-state index contributed by atoms with van der Waals surface area (Å²) >= 11 is 19.1. The first kappa shape index (κ1) is 15.1. The highest BCUT2D eigenvalue weighted by Gasteiger charge is 2.20. The maximum atomic E-state index is 11.0. The number of thiophene rings is 1. The van der Waals surface area contributed by atoms with Gasteiger partial charge in [-0.15, -0.1) is 11.3 Å². The zero-order valence-corrected chi connectivity index (χ0v) is 12.7. The van der Waals surface area contributed by atoms with E-state index >= 15 is 0 Å². The Bertz CT molecular complexity index is 674. The first-order valence-corrected chi connectivity index (χ1v) is 7.12. The van der Waals surface area contributed by atoms with Gasteiger partial charge in [-0.05, 0) is 11.4 Å². The van der Waals surface area contributed by atoms with Gasteiger partial charge in [0.05, 0.1) is 11.9 Å². The Labute approximate surface area is 132 Å². The summed E-state index contributed by atoms with van der Waals surface area (Å²) in [6, 6.07) is 3.74. The number of halogens is 3. The lowest BCUT2D eigenvalue weighted by Crippen LogP contribution is -2.05. The molecule has 2 heterocycles. The molecule has 5 nitrogen and oxygen atoms in total. The van der Waals surface area contributed by atoms with Crippen molar-refractivity contribution in [2.45, 2.75) is 0 Å². The molecule has 0 amide bonds. The van der Waals surface area contributed by atoms with Gasteiger partial charge in [0, 0.05) is 4.88 Å². The first-order valence-electron chi connectivity index (χ1n) is 5.11. The van der Waals surface area contributed by atoms with Crippen molar-refractivity contribution in [3.05, 3.63) is 43.3 Å². The molecule has 0 aromatic carbocycles. The van der Waals surface area contributed by atoms with Gasteiger partial charge in [-0.25, -0.2) is 9.78 Å². The van der Waals surface area contributed by atoms with Crippen molar-refractivity contribution in [3.8, 4) is 0 Å². The summed E-state index contributed by atoms with van der Waals surface area (Å²) in [6.07, 6.45) is 1.55. The molecule has 104 valence electrons. The zero-order valence-electron chi connectivity index (χ0n) is 9.60. The number of anilines is 1. The predicted octanol–water partition coefficient (Wildman–Crippen LogP) is 4.25. The largest absolute Gasteiger partial charge is 0.476 e. The van der Waals surface area contributed by atoms with Gasteiger partial charge in [-0.3, -0.25) is 5.43 Å². The number of carboxylic acid groups (broad SMARTS) is 1. The number of aromatic carboxylic acids is 1. The molecule has 0 atom stereocenters. The van der Waals surface area contributed by atoms with Gasteiger partial charge in [0.2, 0.25) is 0 Å². The quantitative estimate of drug-likeness (QED) is 0.491.